The van der Waals surface area contributed by atoms with Crippen LogP contribution in [0.15, 0.2) is 66.7 Å². The Labute approximate surface area is 218 Å². The van der Waals surface area contributed by atoms with E-state index >= 15 is 0 Å². The number of halogens is 2. The van der Waals surface area contributed by atoms with Gasteiger partial charge in [0, 0.05) is 41.8 Å². The van der Waals surface area contributed by atoms with Gasteiger partial charge in [0.1, 0.15) is 11.5 Å². The maximum absolute atomic E-state index is 13.1. The molecule has 0 radical (unpaired) electrons. The van der Waals surface area contributed by atoms with Crippen LogP contribution in [0.2, 0.25) is 5.02 Å². The highest BCUT2D eigenvalue weighted by molar-refractivity contribution is 6.34. The number of amides is 3. The Morgan fingerprint density at radius 2 is 1.57 bits per heavy atom. The van der Waals surface area contributed by atoms with Gasteiger partial charge in [-0.2, -0.15) is 0 Å². The number of carbonyl (C=O) groups excluding carboxylic acids is 3. The summed E-state index contributed by atoms with van der Waals surface area (Å²) in [5, 5.41) is 9.46. The van der Waals surface area contributed by atoms with E-state index < -0.39 is 5.91 Å². The van der Waals surface area contributed by atoms with Crippen molar-refractivity contribution in [1.82, 2.24) is 9.88 Å². The van der Waals surface area contributed by atoms with Crippen LogP contribution >= 0.6 is 11.6 Å². The standard InChI is InChI=1S/C28H26ClFN4O3/c1-16(2)26(35)31-15-17-4-10-23(29)22(12-17)27(36)33-21-9-11-24-18(13-21)14-25(34(24)3)28(37)32-20-7-5-19(30)6-8-20/h4-14,16H,15H2,1-3H3,(H,31,35)(H,32,37)(H,33,36). The Balaban J connectivity index is 1.51. The monoisotopic (exact) mass is 520 g/mol. The predicted molar refractivity (Wildman–Crippen MR) is 143 cm³/mol. The van der Waals surface area contributed by atoms with Gasteiger partial charge in [-0.15, -0.1) is 0 Å². The zero-order valence-electron chi connectivity index (χ0n) is 20.6. The third kappa shape index (κ3) is 5.98. The molecule has 7 nitrogen and oxygen atoms in total. The molecule has 0 aliphatic carbocycles. The predicted octanol–water partition coefficient (Wildman–Crippen LogP) is 5.75. The summed E-state index contributed by atoms with van der Waals surface area (Å²) in [7, 11) is 1.77. The van der Waals surface area contributed by atoms with Crippen LogP contribution in [0.1, 0.15) is 40.3 Å². The number of anilines is 2. The number of aryl methyl sites for hydroxylation is 1. The van der Waals surface area contributed by atoms with Crippen molar-refractivity contribution in [2.24, 2.45) is 13.0 Å². The highest BCUT2D eigenvalue weighted by Crippen LogP contribution is 2.25. The van der Waals surface area contributed by atoms with Crippen molar-refractivity contribution in [2.75, 3.05) is 10.6 Å². The van der Waals surface area contributed by atoms with Gasteiger partial charge in [-0.05, 0) is 66.2 Å². The zero-order chi connectivity index (χ0) is 26.7. The van der Waals surface area contributed by atoms with E-state index in [0.29, 0.717) is 17.1 Å². The van der Waals surface area contributed by atoms with Crippen molar-refractivity contribution in [3.63, 3.8) is 0 Å². The molecule has 1 aromatic heterocycles. The highest BCUT2D eigenvalue weighted by atomic mass is 35.5. The van der Waals surface area contributed by atoms with Gasteiger partial charge in [-0.25, -0.2) is 4.39 Å². The summed E-state index contributed by atoms with van der Waals surface area (Å²) in [4.78, 5) is 37.7. The molecule has 0 aliphatic rings. The normalized spacial score (nSPS) is 11.0. The maximum atomic E-state index is 13.1. The average molecular weight is 521 g/mol. The molecule has 0 fully saturated rings. The minimum Gasteiger partial charge on any atom is -0.352 e. The molecule has 3 aromatic carbocycles. The molecule has 0 saturated heterocycles. The molecule has 190 valence electrons. The Morgan fingerprint density at radius 1 is 0.892 bits per heavy atom. The molecule has 37 heavy (non-hydrogen) atoms. The SMILES string of the molecule is CC(C)C(=O)NCc1ccc(Cl)c(C(=O)Nc2ccc3c(c2)cc(C(=O)Nc2ccc(F)cc2)n3C)c1. The summed E-state index contributed by atoms with van der Waals surface area (Å²) >= 11 is 6.28. The lowest BCUT2D eigenvalue weighted by Crippen LogP contribution is -2.27. The Bertz CT molecular complexity index is 1500. The minimum atomic E-state index is -0.397. The van der Waals surface area contributed by atoms with Crippen LogP contribution in [0.5, 0.6) is 0 Å². The fourth-order valence-corrected chi connectivity index (χ4v) is 4.02. The van der Waals surface area contributed by atoms with E-state index in [1.807, 2.05) is 0 Å². The van der Waals surface area contributed by atoms with Gasteiger partial charge in [0.05, 0.1) is 10.6 Å². The van der Waals surface area contributed by atoms with Gasteiger partial charge in [0.15, 0.2) is 0 Å². The van der Waals surface area contributed by atoms with E-state index in [9.17, 15) is 18.8 Å². The molecule has 4 aromatic rings. The number of benzene rings is 3. The first kappa shape index (κ1) is 25.9. The summed E-state index contributed by atoms with van der Waals surface area (Å²) in [6.45, 7) is 3.90. The van der Waals surface area contributed by atoms with Crippen LogP contribution in [0.4, 0.5) is 15.8 Å². The van der Waals surface area contributed by atoms with E-state index in [0.717, 1.165) is 16.5 Å². The number of rotatable bonds is 7. The average Bonchev–Trinajstić information content (AvgIpc) is 3.20. The van der Waals surface area contributed by atoms with Crippen molar-refractivity contribution in [2.45, 2.75) is 20.4 Å². The van der Waals surface area contributed by atoms with Crippen LogP contribution in [0.3, 0.4) is 0 Å². The number of hydrogen-bond acceptors (Lipinski definition) is 3. The third-order valence-electron chi connectivity index (χ3n) is 5.90. The summed E-state index contributed by atoms with van der Waals surface area (Å²) in [6, 6.07) is 17.6. The number of fused-ring (bicyclic) bond motifs is 1. The van der Waals surface area contributed by atoms with Gasteiger partial charge < -0.3 is 20.5 Å². The molecule has 3 amide bonds. The summed E-state index contributed by atoms with van der Waals surface area (Å²) in [5.74, 6) is -1.35. The molecular weight excluding hydrogens is 495 g/mol. The summed E-state index contributed by atoms with van der Waals surface area (Å²) in [6.07, 6.45) is 0. The third-order valence-corrected chi connectivity index (χ3v) is 6.23. The lowest BCUT2D eigenvalue weighted by molar-refractivity contribution is -0.124. The zero-order valence-corrected chi connectivity index (χ0v) is 21.3. The molecule has 9 heteroatoms. The molecule has 0 bridgehead atoms. The quantitative estimate of drug-likeness (QED) is 0.290. The van der Waals surface area contributed by atoms with Crippen LogP contribution in [0, 0.1) is 11.7 Å². The molecule has 0 spiro atoms. The van der Waals surface area contributed by atoms with E-state index in [4.69, 9.17) is 11.6 Å². The maximum Gasteiger partial charge on any atom is 0.272 e. The molecule has 4 rings (SSSR count). The summed E-state index contributed by atoms with van der Waals surface area (Å²) < 4.78 is 14.9. The second-order valence-electron chi connectivity index (χ2n) is 8.96. The smallest absolute Gasteiger partial charge is 0.272 e. The van der Waals surface area contributed by atoms with Gasteiger partial charge in [-0.3, -0.25) is 14.4 Å². The molecular formula is C28H26ClFN4O3. The fraction of sp³-hybridized carbons (Fsp3) is 0.179. The van der Waals surface area contributed by atoms with Crippen molar-refractivity contribution in [1.29, 1.82) is 0 Å². The van der Waals surface area contributed by atoms with Gasteiger partial charge in [-0.1, -0.05) is 31.5 Å². The van der Waals surface area contributed by atoms with Gasteiger partial charge in [0.2, 0.25) is 5.91 Å². The van der Waals surface area contributed by atoms with Crippen molar-refractivity contribution in [3.05, 3.63) is 94.4 Å². The molecule has 3 N–H and O–H groups in total. The molecule has 1 heterocycles. The Kier molecular flexibility index (Phi) is 7.59. The number of aromatic nitrogens is 1. The Hall–Kier alpha value is -4.17. The van der Waals surface area contributed by atoms with Crippen LogP contribution in [0.25, 0.3) is 10.9 Å². The first-order valence-corrected chi connectivity index (χ1v) is 12.0. The number of carbonyl (C=O) groups is 3. The van der Waals surface area contributed by atoms with Gasteiger partial charge in [0.25, 0.3) is 11.8 Å². The van der Waals surface area contributed by atoms with Crippen LogP contribution < -0.4 is 16.0 Å². The van der Waals surface area contributed by atoms with Gasteiger partial charge >= 0.3 is 0 Å². The van der Waals surface area contributed by atoms with E-state index in [1.165, 1.54) is 24.3 Å². The second kappa shape index (κ2) is 10.8. The van der Waals surface area contributed by atoms with Crippen molar-refractivity contribution in [3.8, 4) is 0 Å². The number of nitrogens with one attached hydrogen (secondary N) is 3. The second-order valence-corrected chi connectivity index (χ2v) is 9.37. The molecule has 0 unspecified atom stereocenters. The first-order valence-electron chi connectivity index (χ1n) is 11.7. The van der Waals surface area contributed by atoms with Crippen molar-refractivity contribution < 1.29 is 18.8 Å². The fourth-order valence-electron chi connectivity index (χ4n) is 3.82. The molecule has 0 saturated carbocycles. The van der Waals surface area contributed by atoms with Crippen LogP contribution in [-0.2, 0) is 18.4 Å². The molecule has 0 aliphatic heterocycles. The summed E-state index contributed by atoms with van der Waals surface area (Å²) in [5.41, 5.74) is 3.24. The van der Waals surface area contributed by atoms with Crippen LogP contribution in [-0.4, -0.2) is 22.3 Å². The number of hydrogen-bond donors (Lipinski definition) is 3. The Morgan fingerprint density at radius 3 is 2.27 bits per heavy atom. The van der Waals surface area contributed by atoms with Crippen molar-refractivity contribution >= 4 is 51.6 Å². The largest absolute Gasteiger partial charge is 0.352 e. The van der Waals surface area contributed by atoms with E-state index in [2.05, 4.69) is 16.0 Å². The topological polar surface area (TPSA) is 92.2 Å². The lowest BCUT2D eigenvalue weighted by Gasteiger charge is -2.11. The highest BCUT2D eigenvalue weighted by Gasteiger charge is 2.16. The lowest BCUT2D eigenvalue weighted by atomic mass is 10.1. The molecule has 0 atom stereocenters. The number of nitrogens with zero attached hydrogens (tertiary/aromatic N) is 1. The minimum absolute atomic E-state index is 0.0807. The van der Waals surface area contributed by atoms with E-state index in [1.54, 1.807) is 67.9 Å². The first-order chi connectivity index (χ1) is 17.6. The van der Waals surface area contributed by atoms with E-state index in [-0.39, 0.29) is 40.7 Å².